The summed E-state index contributed by atoms with van der Waals surface area (Å²) in [5.74, 6) is 0. The first kappa shape index (κ1) is 13.0. The van der Waals surface area contributed by atoms with Gasteiger partial charge >= 0.3 is 0 Å². The molecule has 4 nitrogen and oxygen atoms in total. The van der Waals surface area contributed by atoms with Gasteiger partial charge in [-0.3, -0.25) is 4.57 Å². The summed E-state index contributed by atoms with van der Waals surface area (Å²) in [6.07, 6.45) is 3.39. The fourth-order valence-corrected chi connectivity index (χ4v) is 3.12. The standard InChI is InChI=1S/C17H12N4S/c1-3-7-13(8-4-1)21-12-20-15-16(21)18-11-19-17(15)22-14-9-5-2-6-10-14/h1-12H. The van der Waals surface area contributed by atoms with Gasteiger partial charge in [-0.1, -0.05) is 48.2 Å². The summed E-state index contributed by atoms with van der Waals surface area (Å²) >= 11 is 1.60. The van der Waals surface area contributed by atoms with E-state index in [1.54, 1.807) is 24.4 Å². The lowest BCUT2D eigenvalue weighted by molar-refractivity contribution is 1.04. The summed E-state index contributed by atoms with van der Waals surface area (Å²) in [5.41, 5.74) is 2.68. The third kappa shape index (κ3) is 2.35. The van der Waals surface area contributed by atoms with Gasteiger partial charge in [0.05, 0.1) is 0 Å². The topological polar surface area (TPSA) is 43.6 Å². The van der Waals surface area contributed by atoms with Crippen LogP contribution < -0.4 is 0 Å². The predicted octanol–water partition coefficient (Wildman–Crippen LogP) is 3.97. The molecule has 0 aliphatic rings. The summed E-state index contributed by atoms with van der Waals surface area (Å²) in [7, 11) is 0. The molecule has 2 aromatic heterocycles. The Hall–Kier alpha value is -2.66. The summed E-state index contributed by atoms with van der Waals surface area (Å²) in [6.45, 7) is 0. The largest absolute Gasteiger partial charge is 0.283 e. The zero-order valence-electron chi connectivity index (χ0n) is 11.6. The Labute approximate surface area is 131 Å². The Bertz CT molecular complexity index is 904. The van der Waals surface area contributed by atoms with Gasteiger partial charge < -0.3 is 0 Å². The normalized spacial score (nSPS) is 10.9. The van der Waals surface area contributed by atoms with Crippen LogP contribution in [0.4, 0.5) is 0 Å². The number of aromatic nitrogens is 4. The Morgan fingerprint density at radius 1 is 0.773 bits per heavy atom. The number of rotatable bonds is 3. The van der Waals surface area contributed by atoms with Crippen molar-refractivity contribution in [2.75, 3.05) is 0 Å². The van der Waals surface area contributed by atoms with Crippen molar-refractivity contribution in [3.63, 3.8) is 0 Å². The molecule has 5 heteroatoms. The summed E-state index contributed by atoms with van der Waals surface area (Å²) in [4.78, 5) is 14.4. The van der Waals surface area contributed by atoms with Crippen molar-refractivity contribution in [2.24, 2.45) is 0 Å². The molecule has 0 bridgehead atoms. The number of nitrogens with zero attached hydrogens (tertiary/aromatic N) is 4. The average molecular weight is 304 g/mol. The highest BCUT2D eigenvalue weighted by Crippen LogP contribution is 2.30. The van der Waals surface area contributed by atoms with Crippen LogP contribution in [0.3, 0.4) is 0 Å². The molecule has 2 aromatic carbocycles. The van der Waals surface area contributed by atoms with Crippen LogP contribution in [0.1, 0.15) is 0 Å². The highest BCUT2D eigenvalue weighted by atomic mass is 32.2. The maximum absolute atomic E-state index is 4.51. The fourth-order valence-electron chi connectivity index (χ4n) is 2.27. The van der Waals surface area contributed by atoms with Crippen LogP contribution in [0.2, 0.25) is 0 Å². The van der Waals surface area contributed by atoms with Gasteiger partial charge in [0.25, 0.3) is 0 Å². The number of fused-ring (bicyclic) bond motifs is 1. The van der Waals surface area contributed by atoms with E-state index >= 15 is 0 Å². The first-order valence-electron chi connectivity index (χ1n) is 6.88. The maximum atomic E-state index is 4.51. The summed E-state index contributed by atoms with van der Waals surface area (Å²) in [6, 6.07) is 20.2. The van der Waals surface area contributed by atoms with E-state index in [-0.39, 0.29) is 0 Å². The maximum Gasteiger partial charge on any atom is 0.169 e. The summed E-state index contributed by atoms with van der Waals surface area (Å²) < 4.78 is 1.98. The molecule has 0 saturated carbocycles. The molecule has 0 radical (unpaired) electrons. The quantitative estimate of drug-likeness (QED) is 0.537. The molecule has 0 atom stereocenters. The van der Waals surface area contributed by atoms with E-state index in [2.05, 4.69) is 27.1 Å². The molecule has 0 amide bonds. The van der Waals surface area contributed by atoms with Gasteiger partial charge in [-0.05, 0) is 24.3 Å². The minimum absolute atomic E-state index is 0.819. The van der Waals surface area contributed by atoms with Gasteiger partial charge in [0.15, 0.2) is 5.65 Å². The van der Waals surface area contributed by atoms with E-state index in [9.17, 15) is 0 Å². The van der Waals surface area contributed by atoms with Crippen LogP contribution in [-0.4, -0.2) is 19.5 Å². The molecule has 0 N–H and O–H groups in total. The Kier molecular flexibility index (Phi) is 3.33. The van der Waals surface area contributed by atoms with Gasteiger partial charge in [-0.2, -0.15) is 0 Å². The van der Waals surface area contributed by atoms with Gasteiger partial charge in [0, 0.05) is 10.6 Å². The number of para-hydroxylation sites is 1. The van der Waals surface area contributed by atoms with E-state index in [0.717, 1.165) is 26.8 Å². The fraction of sp³-hybridized carbons (Fsp3) is 0. The van der Waals surface area contributed by atoms with Crippen molar-refractivity contribution in [3.05, 3.63) is 73.3 Å². The van der Waals surface area contributed by atoms with E-state index in [1.165, 1.54) is 0 Å². The molecule has 0 fully saturated rings. The molecule has 0 aliphatic heterocycles. The smallest absolute Gasteiger partial charge is 0.169 e. The zero-order valence-corrected chi connectivity index (χ0v) is 12.4. The third-order valence-electron chi connectivity index (χ3n) is 3.29. The number of benzene rings is 2. The second kappa shape index (κ2) is 5.61. The first-order valence-corrected chi connectivity index (χ1v) is 7.70. The van der Waals surface area contributed by atoms with Crippen LogP contribution in [-0.2, 0) is 0 Å². The van der Waals surface area contributed by atoms with Crippen molar-refractivity contribution in [3.8, 4) is 5.69 Å². The van der Waals surface area contributed by atoms with Crippen LogP contribution in [0.25, 0.3) is 16.9 Å². The van der Waals surface area contributed by atoms with E-state index in [1.807, 2.05) is 53.1 Å². The number of hydrogen-bond donors (Lipinski definition) is 0. The van der Waals surface area contributed by atoms with E-state index < -0.39 is 0 Å². The minimum atomic E-state index is 0.819. The van der Waals surface area contributed by atoms with Crippen LogP contribution >= 0.6 is 11.8 Å². The predicted molar refractivity (Wildman–Crippen MR) is 87.2 cm³/mol. The molecule has 4 aromatic rings. The molecule has 0 saturated heterocycles. The Balaban J connectivity index is 1.81. The lowest BCUT2D eigenvalue weighted by atomic mass is 10.3. The number of imidazole rings is 1. The minimum Gasteiger partial charge on any atom is -0.283 e. The third-order valence-corrected chi connectivity index (χ3v) is 4.29. The highest BCUT2D eigenvalue weighted by Gasteiger charge is 2.12. The monoisotopic (exact) mass is 304 g/mol. The van der Waals surface area contributed by atoms with Crippen molar-refractivity contribution < 1.29 is 0 Å². The van der Waals surface area contributed by atoms with Gasteiger partial charge in [0.1, 0.15) is 23.2 Å². The lowest BCUT2D eigenvalue weighted by Gasteiger charge is -2.04. The molecule has 106 valence electrons. The molecule has 0 unspecified atom stereocenters. The highest BCUT2D eigenvalue weighted by molar-refractivity contribution is 7.99. The molecule has 4 rings (SSSR count). The number of hydrogen-bond acceptors (Lipinski definition) is 4. The van der Waals surface area contributed by atoms with Crippen molar-refractivity contribution in [1.29, 1.82) is 0 Å². The molecule has 22 heavy (non-hydrogen) atoms. The van der Waals surface area contributed by atoms with Crippen LogP contribution in [0, 0.1) is 0 Å². The van der Waals surface area contributed by atoms with Gasteiger partial charge in [0.2, 0.25) is 0 Å². The van der Waals surface area contributed by atoms with Gasteiger partial charge in [-0.25, -0.2) is 15.0 Å². The van der Waals surface area contributed by atoms with Crippen molar-refractivity contribution in [1.82, 2.24) is 19.5 Å². The summed E-state index contributed by atoms with van der Waals surface area (Å²) in [5, 5.41) is 0.867. The van der Waals surface area contributed by atoms with Crippen LogP contribution in [0.5, 0.6) is 0 Å². The molecular formula is C17H12N4S. The second-order valence-electron chi connectivity index (χ2n) is 4.72. The second-order valence-corrected chi connectivity index (χ2v) is 5.78. The van der Waals surface area contributed by atoms with Crippen molar-refractivity contribution >= 4 is 22.9 Å². The lowest BCUT2D eigenvalue weighted by Crippen LogP contribution is -1.94. The van der Waals surface area contributed by atoms with Crippen LogP contribution in [0.15, 0.2) is 83.2 Å². The van der Waals surface area contributed by atoms with Crippen molar-refractivity contribution in [2.45, 2.75) is 9.92 Å². The van der Waals surface area contributed by atoms with E-state index in [4.69, 9.17) is 0 Å². The molecule has 0 aliphatic carbocycles. The molecule has 0 spiro atoms. The average Bonchev–Trinajstić information content (AvgIpc) is 3.02. The molecule has 2 heterocycles. The first-order chi connectivity index (χ1) is 10.9. The zero-order chi connectivity index (χ0) is 14.8. The SMILES string of the molecule is c1ccc(Sc2ncnc3c2ncn3-c2ccccc2)cc1. The van der Waals surface area contributed by atoms with Gasteiger partial charge in [-0.15, -0.1) is 0 Å². The Morgan fingerprint density at radius 3 is 2.27 bits per heavy atom. The molecular weight excluding hydrogens is 292 g/mol. The Morgan fingerprint density at radius 2 is 1.50 bits per heavy atom. The van der Waals surface area contributed by atoms with E-state index in [0.29, 0.717) is 0 Å².